The van der Waals surface area contributed by atoms with E-state index in [9.17, 15) is 4.79 Å². The van der Waals surface area contributed by atoms with Crippen molar-refractivity contribution in [3.8, 4) is 0 Å². The van der Waals surface area contributed by atoms with Gasteiger partial charge in [0.1, 0.15) is 5.69 Å². The minimum atomic E-state index is -0.364. The molecule has 1 heterocycles. The summed E-state index contributed by atoms with van der Waals surface area (Å²) in [6, 6.07) is 11.3. The Hall–Kier alpha value is -1.42. The molecular weight excluding hydrogens is 282 g/mol. The Morgan fingerprint density at radius 2 is 2.06 bits per heavy atom. The quantitative estimate of drug-likeness (QED) is 0.494. The predicted molar refractivity (Wildman–Crippen MR) is 70.4 cm³/mol. The molecule has 1 aromatic heterocycles. The van der Waals surface area contributed by atoms with Gasteiger partial charge in [-0.3, -0.25) is 0 Å². The fraction of sp³-hybridized carbons (Fsp3) is 0.231. The van der Waals surface area contributed by atoms with Gasteiger partial charge in [0.2, 0.25) is 0 Å². The number of fused-ring (bicyclic) bond motifs is 1. The van der Waals surface area contributed by atoms with Crippen LogP contribution in [0, 0.1) is 0 Å². The Kier molecular flexibility index (Phi) is 4.09. The van der Waals surface area contributed by atoms with Crippen molar-refractivity contribution >= 4 is 32.8 Å². The molecule has 0 saturated heterocycles. The zero-order valence-corrected chi connectivity index (χ0v) is 10.8. The molecule has 2 rings (SSSR count). The number of halogens is 1. The average Bonchev–Trinajstić information content (AvgIpc) is 2.38. The molecule has 0 amide bonds. The summed E-state index contributed by atoms with van der Waals surface area (Å²) in [7, 11) is 0. The van der Waals surface area contributed by atoms with Gasteiger partial charge in [-0.1, -0.05) is 40.2 Å². The topological polar surface area (TPSA) is 39.2 Å². The minimum Gasteiger partial charge on any atom is -0.461 e. The van der Waals surface area contributed by atoms with Crippen molar-refractivity contribution in [3.05, 3.63) is 42.1 Å². The van der Waals surface area contributed by atoms with Gasteiger partial charge in [-0.2, -0.15) is 0 Å². The van der Waals surface area contributed by atoms with Gasteiger partial charge >= 0.3 is 5.97 Å². The Balaban J connectivity index is 2.15. The lowest BCUT2D eigenvalue weighted by Gasteiger charge is -2.03. The minimum absolute atomic E-state index is 0.360. The summed E-state index contributed by atoms with van der Waals surface area (Å²) in [5.74, 6) is -0.364. The van der Waals surface area contributed by atoms with Gasteiger partial charge in [0.25, 0.3) is 0 Å². The van der Waals surface area contributed by atoms with Crippen LogP contribution in [0.5, 0.6) is 0 Å². The van der Waals surface area contributed by atoms with Crippen LogP contribution in [0.15, 0.2) is 36.4 Å². The van der Waals surface area contributed by atoms with Crippen molar-refractivity contribution in [2.24, 2.45) is 0 Å². The molecule has 2 aromatic rings. The molecule has 88 valence electrons. The van der Waals surface area contributed by atoms with Crippen LogP contribution in [-0.4, -0.2) is 22.9 Å². The largest absolute Gasteiger partial charge is 0.461 e. The first-order valence-electron chi connectivity index (χ1n) is 5.40. The maximum absolute atomic E-state index is 11.7. The second kappa shape index (κ2) is 5.77. The van der Waals surface area contributed by atoms with E-state index in [-0.39, 0.29) is 5.97 Å². The van der Waals surface area contributed by atoms with Crippen LogP contribution in [-0.2, 0) is 4.74 Å². The van der Waals surface area contributed by atoms with E-state index in [4.69, 9.17) is 4.74 Å². The molecular formula is C13H12BrNO2. The number of alkyl halides is 1. The molecule has 0 unspecified atom stereocenters. The summed E-state index contributed by atoms with van der Waals surface area (Å²) >= 11 is 3.28. The van der Waals surface area contributed by atoms with E-state index >= 15 is 0 Å². The number of para-hydroxylation sites is 1. The third-order valence-electron chi connectivity index (χ3n) is 2.32. The molecule has 0 N–H and O–H groups in total. The van der Waals surface area contributed by atoms with Gasteiger partial charge in [0.05, 0.1) is 12.1 Å². The maximum Gasteiger partial charge on any atom is 0.356 e. The van der Waals surface area contributed by atoms with E-state index in [0.29, 0.717) is 12.3 Å². The number of carbonyl (C=O) groups excluding carboxylic acids is 1. The van der Waals surface area contributed by atoms with Crippen LogP contribution in [0.4, 0.5) is 0 Å². The second-order valence-electron chi connectivity index (χ2n) is 3.57. The summed E-state index contributed by atoms with van der Waals surface area (Å²) in [5, 5.41) is 1.84. The van der Waals surface area contributed by atoms with E-state index in [1.807, 2.05) is 30.3 Å². The van der Waals surface area contributed by atoms with Crippen LogP contribution in [0.25, 0.3) is 10.9 Å². The number of esters is 1. The van der Waals surface area contributed by atoms with E-state index in [1.54, 1.807) is 6.07 Å². The summed E-state index contributed by atoms with van der Waals surface area (Å²) < 4.78 is 5.09. The van der Waals surface area contributed by atoms with Gasteiger partial charge in [0.15, 0.2) is 0 Å². The number of rotatable bonds is 4. The third-order valence-corrected chi connectivity index (χ3v) is 2.88. The van der Waals surface area contributed by atoms with Gasteiger partial charge in [-0.05, 0) is 18.6 Å². The normalized spacial score (nSPS) is 10.4. The first kappa shape index (κ1) is 12.0. The average molecular weight is 294 g/mol. The molecule has 0 radical (unpaired) electrons. The lowest BCUT2D eigenvalue weighted by Crippen LogP contribution is -2.08. The van der Waals surface area contributed by atoms with E-state index < -0.39 is 0 Å². The number of nitrogens with zero attached hydrogens (tertiary/aromatic N) is 1. The Morgan fingerprint density at radius 1 is 1.24 bits per heavy atom. The van der Waals surface area contributed by atoms with Crippen molar-refractivity contribution < 1.29 is 9.53 Å². The van der Waals surface area contributed by atoms with Crippen LogP contribution in [0.2, 0.25) is 0 Å². The predicted octanol–water partition coefficient (Wildman–Crippen LogP) is 3.18. The lowest BCUT2D eigenvalue weighted by molar-refractivity contribution is 0.0500. The first-order valence-corrected chi connectivity index (χ1v) is 6.52. The van der Waals surface area contributed by atoms with Crippen molar-refractivity contribution in [1.82, 2.24) is 4.98 Å². The van der Waals surface area contributed by atoms with Crippen LogP contribution in [0.1, 0.15) is 16.9 Å². The number of hydrogen-bond donors (Lipinski definition) is 0. The zero-order chi connectivity index (χ0) is 12.1. The fourth-order valence-electron chi connectivity index (χ4n) is 1.47. The smallest absolute Gasteiger partial charge is 0.356 e. The standard InChI is InChI=1S/C13H12BrNO2/c14-8-3-9-17-13(16)12-7-6-10-4-1-2-5-11(10)15-12/h1-2,4-7H,3,8-9H2. The highest BCUT2D eigenvalue weighted by molar-refractivity contribution is 9.09. The fourth-order valence-corrected chi connectivity index (χ4v) is 1.70. The molecule has 1 aromatic carbocycles. The van der Waals surface area contributed by atoms with Gasteiger partial charge < -0.3 is 4.74 Å². The van der Waals surface area contributed by atoms with E-state index in [2.05, 4.69) is 20.9 Å². The number of ether oxygens (including phenoxy) is 1. The maximum atomic E-state index is 11.7. The molecule has 0 saturated carbocycles. The lowest BCUT2D eigenvalue weighted by atomic mass is 10.2. The third kappa shape index (κ3) is 3.03. The summed E-state index contributed by atoms with van der Waals surface area (Å²) in [4.78, 5) is 15.9. The molecule has 17 heavy (non-hydrogen) atoms. The molecule has 0 aliphatic carbocycles. The summed E-state index contributed by atoms with van der Waals surface area (Å²) in [6.45, 7) is 0.415. The van der Waals surface area contributed by atoms with Crippen molar-refractivity contribution in [3.63, 3.8) is 0 Å². The molecule has 3 nitrogen and oxygen atoms in total. The molecule has 0 bridgehead atoms. The molecule has 0 fully saturated rings. The summed E-state index contributed by atoms with van der Waals surface area (Å²) in [6.07, 6.45) is 0.805. The van der Waals surface area contributed by atoms with Gasteiger partial charge in [0, 0.05) is 10.7 Å². The van der Waals surface area contributed by atoms with Crippen LogP contribution in [0.3, 0.4) is 0 Å². The van der Waals surface area contributed by atoms with Crippen LogP contribution < -0.4 is 0 Å². The Bertz CT molecular complexity index is 528. The number of benzene rings is 1. The first-order chi connectivity index (χ1) is 8.31. The molecule has 4 heteroatoms. The van der Waals surface area contributed by atoms with Gasteiger partial charge in [-0.15, -0.1) is 0 Å². The number of aromatic nitrogens is 1. The van der Waals surface area contributed by atoms with Crippen molar-refractivity contribution in [2.75, 3.05) is 11.9 Å². The molecule has 0 spiro atoms. The van der Waals surface area contributed by atoms with Crippen molar-refractivity contribution in [1.29, 1.82) is 0 Å². The highest BCUT2D eigenvalue weighted by atomic mass is 79.9. The number of hydrogen-bond acceptors (Lipinski definition) is 3. The van der Waals surface area contributed by atoms with Crippen LogP contribution >= 0.6 is 15.9 Å². The summed E-state index contributed by atoms with van der Waals surface area (Å²) in [5.41, 5.74) is 1.17. The Morgan fingerprint density at radius 3 is 2.88 bits per heavy atom. The van der Waals surface area contributed by atoms with Crippen molar-refractivity contribution in [2.45, 2.75) is 6.42 Å². The molecule has 0 aliphatic heterocycles. The number of pyridine rings is 1. The second-order valence-corrected chi connectivity index (χ2v) is 4.36. The van der Waals surface area contributed by atoms with E-state index in [0.717, 1.165) is 22.7 Å². The zero-order valence-electron chi connectivity index (χ0n) is 9.23. The number of carbonyl (C=O) groups is 1. The Labute approximate surface area is 108 Å². The van der Waals surface area contributed by atoms with Gasteiger partial charge in [-0.25, -0.2) is 9.78 Å². The van der Waals surface area contributed by atoms with E-state index in [1.165, 1.54) is 0 Å². The molecule has 0 atom stereocenters. The monoisotopic (exact) mass is 293 g/mol. The molecule has 0 aliphatic rings. The highest BCUT2D eigenvalue weighted by Gasteiger charge is 2.08. The highest BCUT2D eigenvalue weighted by Crippen LogP contribution is 2.12. The SMILES string of the molecule is O=C(OCCCBr)c1ccc2ccccc2n1.